The van der Waals surface area contributed by atoms with Crippen molar-refractivity contribution in [1.29, 1.82) is 0 Å². The number of ether oxygens (including phenoxy) is 1. The molecule has 1 atom stereocenters. The van der Waals surface area contributed by atoms with Crippen LogP contribution in [0.4, 0.5) is 16.5 Å². The number of carbonyl (C=O) groups is 3. The number of thiazole rings is 1. The normalized spacial score (nSPS) is 14.3. The van der Waals surface area contributed by atoms with Gasteiger partial charge < -0.3 is 15.4 Å². The monoisotopic (exact) mass is 464 g/mol. The van der Waals surface area contributed by atoms with Crippen LogP contribution in [0.3, 0.4) is 0 Å². The Morgan fingerprint density at radius 1 is 1.06 bits per heavy atom. The van der Waals surface area contributed by atoms with Crippen LogP contribution in [0.2, 0.25) is 0 Å². The summed E-state index contributed by atoms with van der Waals surface area (Å²) in [5.41, 5.74) is 3.34. The maximum atomic E-state index is 13.1. The fourth-order valence-electron chi connectivity index (χ4n) is 3.72. The van der Waals surface area contributed by atoms with Gasteiger partial charge in [-0.15, -0.1) is 11.3 Å². The highest BCUT2D eigenvalue weighted by Crippen LogP contribution is 2.39. The van der Waals surface area contributed by atoms with Gasteiger partial charge in [0.2, 0.25) is 11.8 Å². The van der Waals surface area contributed by atoms with E-state index in [9.17, 15) is 14.4 Å². The van der Waals surface area contributed by atoms with Crippen molar-refractivity contribution in [2.75, 3.05) is 23.1 Å². The molecule has 3 N–H and O–H groups in total. The molecule has 4 rings (SSSR count). The maximum Gasteiger partial charge on any atom is 0.257 e. The topological polar surface area (TPSA) is 109 Å². The van der Waals surface area contributed by atoms with Crippen LogP contribution in [0.5, 0.6) is 5.75 Å². The summed E-state index contributed by atoms with van der Waals surface area (Å²) in [4.78, 5) is 42.5. The number of nitrogens with one attached hydrogen (secondary N) is 3. The third kappa shape index (κ3) is 5.04. The molecule has 33 heavy (non-hydrogen) atoms. The minimum Gasteiger partial charge on any atom is -0.495 e. The first-order valence-electron chi connectivity index (χ1n) is 10.5. The van der Waals surface area contributed by atoms with E-state index < -0.39 is 5.92 Å². The fourth-order valence-corrected chi connectivity index (χ4v) is 4.75. The van der Waals surface area contributed by atoms with Crippen molar-refractivity contribution in [2.24, 2.45) is 0 Å². The largest absolute Gasteiger partial charge is 0.495 e. The summed E-state index contributed by atoms with van der Waals surface area (Å²) in [6, 6.07) is 12.3. The molecule has 0 aliphatic heterocycles. The van der Waals surface area contributed by atoms with E-state index in [1.165, 1.54) is 25.4 Å². The van der Waals surface area contributed by atoms with Gasteiger partial charge in [-0.2, -0.15) is 0 Å². The van der Waals surface area contributed by atoms with Gasteiger partial charge in [0.25, 0.3) is 5.91 Å². The van der Waals surface area contributed by atoms with Crippen molar-refractivity contribution in [3.05, 3.63) is 64.2 Å². The van der Waals surface area contributed by atoms with E-state index in [0.29, 0.717) is 46.4 Å². The summed E-state index contributed by atoms with van der Waals surface area (Å²) in [6.07, 6.45) is 1.36. The number of hydrogen-bond donors (Lipinski definition) is 3. The average molecular weight is 465 g/mol. The van der Waals surface area contributed by atoms with E-state index in [4.69, 9.17) is 4.74 Å². The third-order valence-corrected chi connectivity index (χ3v) is 6.39. The molecular weight excluding hydrogens is 440 g/mol. The lowest BCUT2D eigenvalue weighted by atomic mass is 10.1. The first kappa shape index (κ1) is 22.5. The summed E-state index contributed by atoms with van der Waals surface area (Å²) in [7, 11) is 1.51. The lowest BCUT2D eigenvalue weighted by molar-refractivity contribution is -0.117. The molecule has 0 spiro atoms. The SMILES string of the molecule is COc1ccc(NC(C)=O)cc1NC(=O)C1CCc2sc(NC(=O)c3ccc(C)cc3)nc21. The molecule has 170 valence electrons. The van der Waals surface area contributed by atoms with Gasteiger partial charge in [0.1, 0.15) is 5.75 Å². The number of anilines is 3. The zero-order valence-electron chi connectivity index (χ0n) is 18.5. The van der Waals surface area contributed by atoms with Crippen LogP contribution >= 0.6 is 11.3 Å². The van der Waals surface area contributed by atoms with Crippen LogP contribution in [0.25, 0.3) is 0 Å². The van der Waals surface area contributed by atoms with Gasteiger partial charge in [-0.1, -0.05) is 17.7 Å². The van der Waals surface area contributed by atoms with E-state index in [1.807, 2.05) is 19.1 Å². The van der Waals surface area contributed by atoms with Gasteiger partial charge >= 0.3 is 0 Å². The Morgan fingerprint density at radius 2 is 1.82 bits per heavy atom. The van der Waals surface area contributed by atoms with E-state index >= 15 is 0 Å². The highest BCUT2D eigenvalue weighted by molar-refractivity contribution is 7.16. The minimum absolute atomic E-state index is 0.208. The maximum absolute atomic E-state index is 13.1. The Hall–Kier alpha value is -3.72. The third-order valence-electron chi connectivity index (χ3n) is 5.35. The lowest BCUT2D eigenvalue weighted by Gasteiger charge is -2.15. The molecule has 1 unspecified atom stereocenters. The lowest BCUT2D eigenvalue weighted by Crippen LogP contribution is -2.20. The predicted molar refractivity (Wildman–Crippen MR) is 128 cm³/mol. The van der Waals surface area contributed by atoms with Crippen molar-refractivity contribution in [3.63, 3.8) is 0 Å². The second-order valence-electron chi connectivity index (χ2n) is 7.82. The van der Waals surface area contributed by atoms with Crippen molar-refractivity contribution in [1.82, 2.24) is 4.98 Å². The van der Waals surface area contributed by atoms with E-state index in [1.54, 1.807) is 30.3 Å². The highest BCUT2D eigenvalue weighted by Gasteiger charge is 2.33. The standard InChI is InChI=1S/C24H24N4O4S/c1-13-4-6-15(7-5-13)22(30)28-24-27-21-17(9-11-20(21)33-24)23(31)26-18-12-16(25-14(2)29)8-10-19(18)32-3/h4-8,10,12,17H,9,11H2,1-3H3,(H,25,29)(H,26,31)(H,27,28,30). The Morgan fingerprint density at radius 3 is 2.52 bits per heavy atom. The summed E-state index contributed by atoms with van der Waals surface area (Å²) >= 11 is 1.40. The van der Waals surface area contributed by atoms with E-state index in [0.717, 1.165) is 10.4 Å². The molecule has 9 heteroatoms. The zero-order chi connectivity index (χ0) is 23.5. The van der Waals surface area contributed by atoms with Gasteiger partial charge in [0.05, 0.1) is 24.4 Å². The second-order valence-corrected chi connectivity index (χ2v) is 8.91. The average Bonchev–Trinajstić information content (AvgIpc) is 3.34. The number of benzene rings is 2. The molecule has 0 fully saturated rings. The smallest absolute Gasteiger partial charge is 0.257 e. The number of nitrogens with zero attached hydrogens (tertiary/aromatic N) is 1. The quantitative estimate of drug-likeness (QED) is 0.503. The number of aromatic nitrogens is 1. The van der Waals surface area contributed by atoms with Crippen LogP contribution in [0, 0.1) is 6.92 Å². The van der Waals surface area contributed by atoms with Crippen molar-refractivity contribution >= 4 is 45.6 Å². The molecule has 1 aliphatic rings. The molecule has 3 amide bonds. The second kappa shape index (κ2) is 9.41. The van der Waals surface area contributed by atoms with Gasteiger partial charge in [-0.25, -0.2) is 4.98 Å². The van der Waals surface area contributed by atoms with Gasteiger partial charge in [-0.3, -0.25) is 19.7 Å². The number of fused-ring (bicyclic) bond motifs is 1. The molecule has 1 heterocycles. The highest BCUT2D eigenvalue weighted by atomic mass is 32.1. The Balaban J connectivity index is 1.48. The van der Waals surface area contributed by atoms with Crippen LogP contribution in [0.15, 0.2) is 42.5 Å². The van der Waals surface area contributed by atoms with Crippen molar-refractivity contribution in [2.45, 2.75) is 32.6 Å². The summed E-state index contributed by atoms with van der Waals surface area (Å²) in [6.45, 7) is 3.38. The first-order valence-corrected chi connectivity index (χ1v) is 11.3. The summed E-state index contributed by atoms with van der Waals surface area (Å²) in [5, 5.41) is 8.91. The van der Waals surface area contributed by atoms with E-state index in [2.05, 4.69) is 20.9 Å². The molecule has 8 nitrogen and oxygen atoms in total. The molecular formula is C24H24N4O4S. The molecule has 2 aromatic carbocycles. The van der Waals surface area contributed by atoms with E-state index in [-0.39, 0.29) is 17.7 Å². The number of amides is 3. The number of aryl methyl sites for hydroxylation is 2. The van der Waals surface area contributed by atoms with Crippen LogP contribution in [-0.4, -0.2) is 29.8 Å². The van der Waals surface area contributed by atoms with Crippen LogP contribution in [-0.2, 0) is 16.0 Å². The van der Waals surface area contributed by atoms with Gasteiger partial charge in [-0.05, 0) is 50.1 Å². The number of methoxy groups -OCH3 is 1. The Kier molecular flexibility index (Phi) is 6.41. The first-order chi connectivity index (χ1) is 15.8. The minimum atomic E-state index is -0.435. The molecule has 1 aliphatic carbocycles. The number of rotatable bonds is 6. The van der Waals surface area contributed by atoms with Gasteiger partial charge in [0.15, 0.2) is 5.13 Å². The number of carbonyl (C=O) groups excluding carboxylic acids is 3. The summed E-state index contributed by atoms with van der Waals surface area (Å²) in [5.74, 6) is -0.604. The molecule has 1 aromatic heterocycles. The fraction of sp³-hybridized carbons (Fsp3) is 0.250. The zero-order valence-corrected chi connectivity index (χ0v) is 19.3. The molecule has 3 aromatic rings. The Bertz CT molecular complexity index is 1220. The number of hydrogen-bond acceptors (Lipinski definition) is 6. The molecule has 0 bridgehead atoms. The molecule has 0 radical (unpaired) electrons. The molecule has 0 saturated carbocycles. The van der Waals surface area contributed by atoms with Crippen molar-refractivity contribution < 1.29 is 19.1 Å². The van der Waals surface area contributed by atoms with Crippen molar-refractivity contribution in [3.8, 4) is 5.75 Å². The Labute approximate surface area is 195 Å². The van der Waals surface area contributed by atoms with Crippen LogP contribution in [0.1, 0.15) is 45.8 Å². The summed E-state index contributed by atoms with van der Waals surface area (Å²) < 4.78 is 5.35. The van der Waals surface area contributed by atoms with Crippen LogP contribution < -0.4 is 20.7 Å². The van der Waals surface area contributed by atoms with Gasteiger partial charge in [0, 0.05) is 23.1 Å². The molecule has 0 saturated heterocycles. The predicted octanol–water partition coefficient (Wildman–Crippen LogP) is 4.34.